The molecule has 0 spiro atoms. The van der Waals surface area contributed by atoms with E-state index in [-0.39, 0.29) is 6.08 Å². The zero-order chi connectivity index (χ0) is 21.3. The van der Waals surface area contributed by atoms with E-state index in [2.05, 4.69) is 11.3 Å². The summed E-state index contributed by atoms with van der Waals surface area (Å²) in [7, 11) is 0. The summed E-state index contributed by atoms with van der Waals surface area (Å²) in [4.78, 5) is 2.68. The fraction of sp³-hybridized carbons (Fsp3) is 0.727. The van der Waals surface area contributed by atoms with Crippen LogP contribution in [0.1, 0.15) is 0 Å². The number of halogens is 11. The minimum atomic E-state index is -5.99. The monoisotopic (exact) mass is 432 g/mol. The molecule has 7 unspecified atom stereocenters. The van der Waals surface area contributed by atoms with Gasteiger partial charge < -0.3 is 4.74 Å². The zero-order valence-corrected chi connectivity index (χ0v) is 12.5. The first-order valence-electron chi connectivity index (χ1n) is 7.07. The topological polar surface area (TPSA) is 39.3 Å². The molecule has 6 rings (SSSR count). The van der Waals surface area contributed by atoms with Crippen LogP contribution < -0.4 is 0 Å². The summed E-state index contributed by atoms with van der Waals surface area (Å²) in [5.41, 5.74) is 0. The highest BCUT2D eigenvalue weighted by Gasteiger charge is 3.21. The van der Waals surface area contributed by atoms with Crippen molar-refractivity contribution in [3.05, 3.63) is 12.7 Å². The quantitative estimate of drug-likeness (QED) is 0.288. The molecule has 0 N–H and O–H groups in total. The van der Waals surface area contributed by atoms with Gasteiger partial charge in [-0.25, -0.2) is 22.4 Å². The van der Waals surface area contributed by atoms with Gasteiger partial charge in [0.1, 0.15) is 0 Å². The molecule has 0 amide bonds. The first kappa shape index (κ1) is 18.3. The average Bonchev–Trinajstić information content (AvgIpc) is 2.62. The minimum Gasteiger partial charge on any atom is -0.407 e. The van der Waals surface area contributed by atoms with Crippen LogP contribution in [-0.4, -0.2) is 73.4 Å². The van der Waals surface area contributed by atoms with E-state index in [0.717, 1.165) is 0 Å². The maximum Gasteiger partial charge on any atom is 0.387 e. The van der Waals surface area contributed by atoms with Crippen molar-refractivity contribution in [3.8, 4) is 0 Å². The van der Waals surface area contributed by atoms with E-state index in [0.29, 0.717) is 0 Å². The largest absolute Gasteiger partial charge is 0.407 e. The van der Waals surface area contributed by atoms with Crippen LogP contribution >= 0.6 is 0 Å². The van der Waals surface area contributed by atoms with Crippen molar-refractivity contribution >= 4 is 5.97 Å². The number of nitrogens with zero attached hydrogens (tertiary/aromatic N) is 4. The molecule has 6 aliphatic heterocycles. The van der Waals surface area contributed by atoms with Gasteiger partial charge in [0.15, 0.2) is 0 Å². The number of esters is 1. The molecule has 6 nitrogen and oxygen atoms in total. The van der Waals surface area contributed by atoms with E-state index in [1.165, 1.54) is 0 Å². The molecular weight excluding hydrogens is 429 g/mol. The Morgan fingerprint density at radius 2 is 1.14 bits per heavy atom. The summed E-state index contributed by atoms with van der Waals surface area (Å²) in [6.45, 7) is 2.67. The first-order valence-corrected chi connectivity index (χ1v) is 7.07. The molecule has 0 aliphatic carbocycles. The van der Waals surface area contributed by atoms with Crippen LogP contribution in [0.3, 0.4) is 0 Å². The number of carbonyl (C=O) groups is 1. The van der Waals surface area contributed by atoms with Gasteiger partial charge in [0.25, 0.3) is 11.8 Å². The Labute approximate surface area is 145 Å². The average molecular weight is 432 g/mol. The normalized spacial score (nSPS) is 58.7. The molecular formula is C11H3F11N4O2. The molecule has 156 valence electrons. The van der Waals surface area contributed by atoms with Gasteiger partial charge in [-0.2, -0.15) is 30.7 Å². The fourth-order valence-corrected chi connectivity index (χ4v) is 4.63. The van der Waals surface area contributed by atoms with Crippen molar-refractivity contribution in [1.82, 2.24) is 19.6 Å². The molecule has 0 saturated carbocycles. The summed E-state index contributed by atoms with van der Waals surface area (Å²) in [6.07, 6.45) is -11.7. The van der Waals surface area contributed by atoms with Crippen LogP contribution in [0.25, 0.3) is 0 Å². The van der Waals surface area contributed by atoms with Crippen LogP contribution in [0.5, 0.6) is 0 Å². The van der Waals surface area contributed by atoms with Crippen LogP contribution in [-0.2, 0) is 9.53 Å². The van der Waals surface area contributed by atoms with Crippen LogP contribution in [0, 0.1) is 0 Å². The Morgan fingerprint density at radius 1 is 0.714 bits per heavy atom. The SMILES string of the molecule is C=CC(=O)OC1(F)N2C(F)(F)N3C(F)(F)C4(F)N5C(F)(F)N(C34F)C1(F)C25F. The van der Waals surface area contributed by atoms with Gasteiger partial charge in [-0.15, -0.1) is 19.6 Å². The van der Waals surface area contributed by atoms with Crippen LogP contribution in [0.4, 0.5) is 48.3 Å². The molecule has 7 atom stereocenters. The summed E-state index contributed by atoms with van der Waals surface area (Å²) in [5.74, 6) is -29.2. The van der Waals surface area contributed by atoms with E-state index in [9.17, 15) is 35.5 Å². The fourth-order valence-electron chi connectivity index (χ4n) is 4.63. The van der Waals surface area contributed by atoms with E-state index in [4.69, 9.17) is 0 Å². The zero-order valence-electron chi connectivity index (χ0n) is 12.5. The molecule has 0 aromatic heterocycles. The highest BCUT2D eigenvalue weighted by Crippen LogP contribution is 2.88. The summed E-state index contributed by atoms with van der Waals surface area (Å²) in [6, 6.07) is -5.88. The molecule has 6 saturated heterocycles. The Morgan fingerprint density at radius 3 is 1.64 bits per heavy atom. The standard InChI is InChI=1S/C11H3F11N4O2/c1-2-3(27)28-9(18)5(13)8(17)23-4(12)6(14,15)25(11(21,22)26(8)9)7(4,16)24(5)10(23,19)20/h2H,1H2. The van der Waals surface area contributed by atoms with Gasteiger partial charge in [-0.05, 0) is 0 Å². The third-order valence-electron chi connectivity index (χ3n) is 5.50. The smallest absolute Gasteiger partial charge is 0.387 e. The Hall–Kier alpha value is -1.72. The first-order chi connectivity index (χ1) is 12.4. The highest BCUT2D eigenvalue weighted by atomic mass is 19.3. The van der Waals surface area contributed by atoms with E-state index in [1.54, 1.807) is 0 Å². The molecule has 0 aromatic carbocycles. The van der Waals surface area contributed by atoms with Gasteiger partial charge in [-0.1, -0.05) is 6.58 Å². The maximum absolute atomic E-state index is 15.2. The second-order valence-electron chi connectivity index (χ2n) is 6.51. The molecule has 0 radical (unpaired) electrons. The number of piperazine rings is 1. The van der Waals surface area contributed by atoms with Crippen molar-refractivity contribution in [1.29, 1.82) is 0 Å². The minimum absolute atomic E-state index is 0.00622. The van der Waals surface area contributed by atoms with Gasteiger partial charge >= 0.3 is 41.9 Å². The van der Waals surface area contributed by atoms with E-state index >= 15 is 17.6 Å². The number of carbonyl (C=O) groups excluding carboxylic acids is 1. The van der Waals surface area contributed by atoms with Gasteiger partial charge in [-0.3, -0.25) is 0 Å². The lowest BCUT2D eigenvalue weighted by Crippen LogP contribution is -2.98. The number of hydrogen-bond acceptors (Lipinski definition) is 6. The molecule has 28 heavy (non-hydrogen) atoms. The molecule has 6 heterocycles. The molecule has 17 heteroatoms. The van der Waals surface area contributed by atoms with Crippen LogP contribution in [0.2, 0.25) is 0 Å². The Bertz CT molecular complexity index is 889. The maximum atomic E-state index is 15.2. The van der Waals surface area contributed by atoms with Crippen molar-refractivity contribution in [2.75, 3.05) is 0 Å². The molecule has 6 fully saturated rings. The Kier molecular flexibility index (Phi) is 2.43. The second kappa shape index (κ2) is 3.72. The molecule has 6 aliphatic rings. The lowest BCUT2D eigenvalue weighted by atomic mass is 9.84. The lowest BCUT2D eigenvalue weighted by molar-refractivity contribution is -0.549. The van der Waals surface area contributed by atoms with Gasteiger partial charge in [0.05, 0.1) is 0 Å². The number of alkyl halides is 11. The van der Waals surface area contributed by atoms with Crippen molar-refractivity contribution in [2.24, 2.45) is 0 Å². The second-order valence-corrected chi connectivity index (χ2v) is 6.51. The summed E-state index contributed by atoms with van der Waals surface area (Å²) >= 11 is 0. The predicted molar refractivity (Wildman–Crippen MR) is 57.7 cm³/mol. The van der Waals surface area contributed by atoms with Crippen molar-refractivity contribution < 1.29 is 57.8 Å². The number of hydrogen-bond donors (Lipinski definition) is 0. The lowest BCUT2D eigenvalue weighted by Gasteiger charge is -2.65. The van der Waals surface area contributed by atoms with Gasteiger partial charge in [0.2, 0.25) is 0 Å². The third-order valence-corrected chi connectivity index (χ3v) is 5.50. The van der Waals surface area contributed by atoms with Crippen molar-refractivity contribution in [2.45, 2.75) is 47.8 Å². The number of ether oxygens (including phenoxy) is 1. The van der Waals surface area contributed by atoms with E-state index < -0.39 is 73.4 Å². The molecule has 6 bridgehead atoms. The summed E-state index contributed by atoms with van der Waals surface area (Å²) < 4.78 is 165. The predicted octanol–water partition coefficient (Wildman–Crippen LogP) is 1.89. The highest BCUT2D eigenvalue weighted by molar-refractivity contribution is 5.81. The number of rotatable bonds is 2. The van der Waals surface area contributed by atoms with Crippen LogP contribution in [0.15, 0.2) is 12.7 Å². The van der Waals surface area contributed by atoms with Gasteiger partial charge in [0, 0.05) is 6.08 Å². The summed E-state index contributed by atoms with van der Waals surface area (Å²) in [5, 5.41) is 0. The van der Waals surface area contributed by atoms with E-state index in [1.807, 2.05) is 0 Å². The third kappa shape index (κ3) is 1.03. The molecule has 0 aromatic rings. The Balaban J connectivity index is 1.88. The van der Waals surface area contributed by atoms with Crippen molar-refractivity contribution in [3.63, 3.8) is 0 Å².